The molecular weight excluding hydrogens is 455 g/mol. The van der Waals surface area contributed by atoms with E-state index in [0.717, 1.165) is 72.8 Å². The van der Waals surface area contributed by atoms with Crippen molar-refractivity contribution in [2.75, 3.05) is 31.1 Å². The lowest BCUT2D eigenvalue weighted by atomic mass is 9.88. The molecule has 1 aromatic carbocycles. The Morgan fingerprint density at radius 1 is 1.06 bits per heavy atom. The van der Waals surface area contributed by atoms with Crippen LogP contribution in [0.3, 0.4) is 0 Å². The van der Waals surface area contributed by atoms with Gasteiger partial charge in [0.05, 0.1) is 16.8 Å². The van der Waals surface area contributed by atoms with Gasteiger partial charge in [-0.05, 0) is 50.5 Å². The Morgan fingerprint density at radius 3 is 2.42 bits per heavy atom. The van der Waals surface area contributed by atoms with Crippen LogP contribution in [0.15, 0.2) is 24.3 Å². The molecule has 1 saturated carbocycles. The van der Waals surface area contributed by atoms with Gasteiger partial charge in [-0.1, -0.05) is 39.5 Å². The molecule has 1 aliphatic heterocycles. The maximum Gasteiger partial charge on any atom is 0.225 e. The first-order valence-electron chi connectivity index (χ1n) is 13.5. The summed E-state index contributed by atoms with van der Waals surface area (Å²) in [5.41, 5.74) is 2.37. The quantitative estimate of drug-likeness (QED) is 0.461. The molecule has 5 rings (SSSR count). The Bertz CT molecular complexity index is 1210. The van der Waals surface area contributed by atoms with Crippen molar-refractivity contribution in [1.29, 1.82) is 0 Å². The number of halogens is 1. The number of fused-ring (bicyclic) bond motifs is 1. The van der Waals surface area contributed by atoms with Crippen LogP contribution >= 0.6 is 0 Å². The fourth-order valence-electron chi connectivity index (χ4n) is 5.70. The van der Waals surface area contributed by atoms with Crippen LogP contribution in [-0.4, -0.2) is 56.7 Å². The Balaban J connectivity index is 1.48. The van der Waals surface area contributed by atoms with E-state index >= 15 is 0 Å². The van der Waals surface area contributed by atoms with Crippen molar-refractivity contribution in [2.45, 2.75) is 71.6 Å². The van der Waals surface area contributed by atoms with E-state index in [1.807, 2.05) is 6.92 Å². The SMILES string of the molecule is CCC[C@@H](C)c1nc(N2CCN(C(=O)C3CCCCC3)CC2)c2c(C)nn(-c3ccc(F)cc3)c2n1. The molecule has 1 atom stereocenters. The highest BCUT2D eigenvalue weighted by atomic mass is 19.1. The Labute approximate surface area is 212 Å². The third kappa shape index (κ3) is 4.82. The minimum atomic E-state index is -0.278. The van der Waals surface area contributed by atoms with Gasteiger partial charge in [0.2, 0.25) is 5.91 Å². The Morgan fingerprint density at radius 2 is 1.75 bits per heavy atom. The van der Waals surface area contributed by atoms with E-state index in [1.54, 1.807) is 16.8 Å². The average Bonchev–Trinajstić information content (AvgIpc) is 3.25. The van der Waals surface area contributed by atoms with Crippen LogP contribution in [0.5, 0.6) is 0 Å². The molecule has 0 unspecified atom stereocenters. The first-order chi connectivity index (χ1) is 17.5. The molecule has 3 heterocycles. The molecule has 0 N–H and O–H groups in total. The van der Waals surface area contributed by atoms with Gasteiger partial charge in [0.15, 0.2) is 5.65 Å². The zero-order valence-corrected chi connectivity index (χ0v) is 21.7. The molecular formula is C28H37FN6O. The normalized spacial score (nSPS) is 18.1. The third-order valence-electron chi connectivity index (χ3n) is 7.78. The second kappa shape index (κ2) is 10.5. The van der Waals surface area contributed by atoms with Crippen molar-refractivity contribution in [3.8, 4) is 5.69 Å². The molecule has 2 aromatic heterocycles. The van der Waals surface area contributed by atoms with Crippen LogP contribution in [0.4, 0.5) is 10.2 Å². The van der Waals surface area contributed by atoms with Crippen molar-refractivity contribution in [1.82, 2.24) is 24.6 Å². The van der Waals surface area contributed by atoms with Gasteiger partial charge in [-0.15, -0.1) is 0 Å². The van der Waals surface area contributed by atoms with Crippen LogP contribution in [0.25, 0.3) is 16.7 Å². The summed E-state index contributed by atoms with van der Waals surface area (Å²) in [6.07, 6.45) is 7.72. The predicted octanol–water partition coefficient (Wildman–Crippen LogP) is 5.40. The molecule has 0 bridgehead atoms. The van der Waals surface area contributed by atoms with Gasteiger partial charge in [0.25, 0.3) is 0 Å². The van der Waals surface area contributed by atoms with E-state index in [2.05, 4.69) is 23.6 Å². The summed E-state index contributed by atoms with van der Waals surface area (Å²) in [6.45, 7) is 9.23. The maximum atomic E-state index is 13.6. The zero-order chi connectivity index (χ0) is 25.2. The standard InChI is InChI=1S/C28H37FN6O/c1-4-8-19(2)25-30-26(33-15-17-34(18-16-33)28(36)21-9-6-5-7-10-21)24-20(3)32-35(27(24)31-25)23-13-11-22(29)12-14-23/h11-14,19,21H,4-10,15-18H2,1-3H3/t19-/m1/s1. The van der Waals surface area contributed by atoms with E-state index in [0.29, 0.717) is 19.0 Å². The van der Waals surface area contributed by atoms with Crippen LogP contribution < -0.4 is 4.90 Å². The molecule has 3 aromatic rings. The van der Waals surface area contributed by atoms with Crippen molar-refractivity contribution < 1.29 is 9.18 Å². The number of benzene rings is 1. The first kappa shape index (κ1) is 24.7. The fourth-order valence-corrected chi connectivity index (χ4v) is 5.70. The minimum Gasteiger partial charge on any atom is -0.352 e. The summed E-state index contributed by atoms with van der Waals surface area (Å²) in [7, 11) is 0. The summed E-state index contributed by atoms with van der Waals surface area (Å²) in [4.78, 5) is 27.5. The Hall–Kier alpha value is -3.03. The Kier molecular flexibility index (Phi) is 7.21. The minimum absolute atomic E-state index is 0.203. The number of anilines is 1. The van der Waals surface area contributed by atoms with Gasteiger partial charge in [0.1, 0.15) is 17.5 Å². The van der Waals surface area contributed by atoms with E-state index < -0.39 is 0 Å². The molecule has 2 aliphatic rings. The second-order valence-corrected chi connectivity index (χ2v) is 10.4. The summed E-state index contributed by atoms with van der Waals surface area (Å²) in [5.74, 6) is 2.18. The molecule has 2 fully saturated rings. The molecule has 7 nitrogen and oxygen atoms in total. The van der Waals surface area contributed by atoms with E-state index in [9.17, 15) is 9.18 Å². The molecule has 8 heteroatoms. The molecule has 1 amide bonds. The van der Waals surface area contributed by atoms with Crippen LogP contribution in [0.1, 0.15) is 76.2 Å². The highest BCUT2D eigenvalue weighted by Gasteiger charge is 2.30. The summed E-state index contributed by atoms with van der Waals surface area (Å²) in [5, 5.41) is 5.73. The molecule has 192 valence electrons. The molecule has 1 aliphatic carbocycles. The summed E-state index contributed by atoms with van der Waals surface area (Å²) < 4.78 is 15.4. The average molecular weight is 493 g/mol. The number of amides is 1. The zero-order valence-electron chi connectivity index (χ0n) is 21.7. The van der Waals surface area contributed by atoms with Crippen molar-refractivity contribution in [2.24, 2.45) is 5.92 Å². The van der Waals surface area contributed by atoms with Gasteiger partial charge in [-0.3, -0.25) is 4.79 Å². The maximum absolute atomic E-state index is 13.6. The number of carbonyl (C=O) groups is 1. The third-order valence-corrected chi connectivity index (χ3v) is 7.78. The highest BCUT2D eigenvalue weighted by molar-refractivity contribution is 5.91. The summed E-state index contributed by atoms with van der Waals surface area (Å²) in [6, 6.07) is 6.36. The highest BCUT2D eigenvalue weighted by Crippen LogP contribution is 2.32. The lowest BCUT2D eigenvalue weighted by Gasteiger charge is -2.38. The molecule has 36 heavy (non-hydrogen) atoms. The number of aromatic nitrogens is 4. The van der Waals surface area contributed by atoms with Crippen molar-refractivity contribution >= 4 is 22.8 Å². The smallest absolute Gasteiger partial charge is 0.225 e. The number of hydrogen-bond donors (Lipinski definition) is 0. The van der Waals surface area contributed by atoms with Crippen LogP contribution in [0, 0.1) is 18.7 Å². The number of piperazine rings is 1. The van der Waals surface area contributed by atoms with Gasteiger partial charge in [0, 0.05) is 38.0 Å². The van der Waals surface area contributed by atoms with Gasteiger partial charge in [-0.25, -0.2) is 19.0 Å². The fraction of sp³-hybridized carbons (Fsp3) is 0.571. The predicted molar refractivity (Wildman–Crippen MR) is 140 cm³/mol. The monoisotopic (exact) mass is 492 g/mol. The van der Waals surface area contributed by atoms with Crippen LogP contribution in [-0.2, 0) is 4.79 Å². The van der Waals surface area contributed by atoms with Crippen molar-refractivity contribution in [3.05, 3.63) is 41.6 Å². The molecule has 1 saturated heterocycles. The topological polar surface area (TPSA) is 67.2 Å². The number of nitrogens with zero attached hydrogens (tertiary/aromatic N) is 6. The summed E-state index contributed by atoms with van der Waals surface area (Å²) >= 11 is 0. The lowest BCUT2D eigenvalue weighted by Crippen LogP contribution is -2.51. The van der Waals surface area contributed by atoms with Gasteiger partial charge >= 0.3 is 0 Å². The number of carbonyl (C=O) groups excluding carboxylic acids is 1. The molecule has 0 radical (unpaired) electrons. The number of aryl methyl sites for hydroxylation is 1. The van der Waals surface area contributed by atoms with Gasteiger partial charge in [-0.2, -0.15) is 5.10 Å². The van der Waals surface area contributed by atoms with E-state index in [-0.39, 0.29) is 17.7 Å². The van der Waals surface area contributed by atoms with Crippen LogP contribution in [0.2, 0.25) is 0 Å². The van der Waals surface area contributed by atoms with E-state index in [4.69, 9.17) is 15.1 Å². The van der Waals surface area contributed by atoms with E-state index in [1.165, 1.54) is 31.4 Å². The van der Waals surface area contributed by atoms with Crippen molar-refractivity contribution in [3.63, 3.8) is 0 Å². The first-order valence-corrected chi connectivity index (χ1v) is 13.5. The second-order valence-electron chi connectivity index (χ2n) is 10.4. The lowest BCUT2D eigenvalue weighted by molar-refractivity contribution is -0.136. The number of rotatable bonds is 6. The largest absolute Gasteiger partial charge is 0.352 e. The molecule has 0 spiro atoms. The number of hydrogen-bond acceptors (Lipinski definition) is 5. The van der Waals surface area contributed by atoms with Gasteiger partial charge < -0.3 is 9.80 Å².